The second kappa shape index (κ2) is 9.67. The minimum absolute atomic E-state index is 0.0290. The van der Waals surface area contributed by atoms with Crippen molar-refractivity contribution < 1.29 is 13.7 Å². The van der Waals surface area contributed by atoms with Crippen LogP contribution in [0.1, 0.15) is 24.1 Å². The Morgan fingerprint density at radius 2 is 1.93 bits per heavy atom. The Morgan fingerprint density at radius 3 is 2.73 bits per heavy atom. The van der Waals surface area contributed by atoms with Crippen LogP contribution in [0.2, 0.25) is 0 Å². The fraction of sp³-hybridized carbons (Fsp3) is 0.333. The van der Waals surface area contributed by atoms with Crippen LogP contribution in [0.4, 0.5) is 4.39 Å². The highest BCUT2D eigenvalue weighted by Crippen LogP contribution is 2.28. The number of rotatable bonds is 7. The summed E-state index contributed by atoms with van der Waals surface area (Å²) < 4.78 is 18.5. The van der Waals surface area contributed by atoms with Gasteiger partial charge in [-0.3, -0.25) is 4.79 Å². The van der Waals surface area contributed by atoms with Gasteiger partial charge in [0, 0.05) is 24.6 Å². The molecule has 0 aliphatic carbocycles. The molecule has 1 saturated heterocycles. The van der Waals surface area contributed by atoms with Crippen LogP contribution in [0.5, 0.6) is 0 Å². The topological polar surface area (TPSA) is 67.2 Å². The molecule has 1 amide bonds. The lowest BCUT2D eigenvalue weighted by Crippen LogP contribution is -2.40. The summed E-state index contributed by atoms with van der Waals surface area (Å²) in [7, 11) is 0. The molecule has 1 aliphatic rings. The second-order valence-corrected chi connectivity index (χ2v) is 7.87. The highest BCUT2D eigenvalue weighted by Gasteiger charge is 2.28. The van der Waals surface area contributed by atoms with Crippen LogP contribution in [0.25, 0.3) is 11.3 Å². The molecule has 0 spiro atoms. The third-order valence-corrected chi connectivity index (χ3v) is 5.70. The number of aromatic nitrogens is 1. The van der Waals surface area contributed by atoms with E-state index in [-0.39, 0.29) is 17.6 Å². The van der Waals surface area contributed by atoms with E-state index in [0.717, 1.165) is 48.5 Å². The number of halogens is 1. The molecule has 5 nitrogen and oxygen atoms in total. The summed E-state index contributed by atoms with van der Waals surface area (Å²) in [6.45, 7) is 2.20. The largest absolute Gasteiger partial charge is 0.356 e. The van der Waals surface area contributed by atoms with Crippen molar-refractivity contribution in [1.29, 1.82) is 0 Å². The molecular formula is C24H26FN3O2. The monoisotopic (exact) mass is 407 g/mol. The fourth-order valence-corrected chi connectivity index (χ4v) is 4.01. The van der Waals surface area contributed by atoms with Crippen molar-refractivity contribution in [1.82, 2.24) is 15.8 Å². The second-order valence-electron chi connectivity index (χ2n) is 7.87. The Morgan fingerprint density at radius 1 is 1.13 bits per heavy atom. The van der Waals surface area contributed by atoms with E-state index in [0.29, 0.717) is 18.9 Å². The zero-order valence-electron chi connectivity index (χ0n) is 16.8. The zero-order valence-corrected chi connectivity index (χ0v) is 16.8. The number of carbonyl (C=O) groups excluding carboxylic acids is 1. The Kier molecular flexibility index (Phi) is 6.54. The zero-order chi connectivity index (χ0) is 20.8. The number of hydrogen-bond acceptors (Lipinski definition) is 4. The SMILES string of the molecule is O=C(C[C@@H]1CCNC[C@H]1Cc1cc(-c2ccccc2)on1)NCc1ccc(F)cc1. The number of hydrogen-bond donors (Lipinski definition) is 2. The molecular weight excluding hydrogens is 381 g/mol. The summed E-state index contributed by atoms with van der Waals surface area (Å²) >= 11 is 0. The number of benzene rings is 2. The van der Waals surface area contributed by atoms with Crippen molar-refractivity contribution in [3.63, 3.8) is 0 Å². The van der Waals surface area contributed by atoms with Crippen molar-refractivity contribution in [2.45, 2.75) is 25.8 Å². The molecule has 0 radical (unpaired) electrons. The molecule has 6 heteroatoms. The molecule has 4 rings (SSSR count). The van der Waals surface area contributed by atoms with Crippen LogP contribution in [-0.4, -0.2) is 24.2 Å². The molecule has 0 bridgehead atoms. The maximum absolute atomic E-state index is 13.0. The van der Waals surface area contributed by atoms with Crippen LogP contribution < -0.4 is 10.6 Å². The number of carbonyl (C=O) groups is 1. The molecule has 2 atom stereocenters. The molecule has 1 aromatic heterocycles. The van der Waals surface area contributed by atoms with E-state index in [1.165, 1.54) is 12.1 Å². The first-order chi connectivity index (χ1) is 14.7. The first kappa shape index (κ1) is 20.3. The summed E-state index contributed by atoms with van der Waals surface area (Å²) in [5.74, 6) is 1.13. The highest BCUT2D eigenvalue weighted by molar-refractivity contribution is 5.76. The Balaban J connectivity index is 1.33. The van der Waals surface area contributed by atoms with Crippen molar-refractivity contribution in [3.05, 3.63) is 77.7 Å². The van der Waals surface area contributed by atoms with E-state index in [1.54, 1.807) is 12.1 Å². The molecule has 0 saturated carbocycles. The summed E-state index contributed by atoms with van der Waals surface area (Å²) in [6, 6.07) is 18.1. The van der Waals surface area contributed by atoms with Gasteiger partial charge in [-0.05, 0) is 55.5 Å². The van der Waals surface area contributed by atoms with Gasteiger partial charge in [-0.15, -0.1) is 0 Å². The van der Waals surface area contributed by atoms with E-state index in [2.05, 4.69) is 15.8 Å². The van der Waals surface area contributed by atoms with Crippen molar-refractivity contribution in [2.24, 2.45) is 11.8 Å². The Labute approximate surface area is 175 Å². The lowest BCUT2D eigenvalue weighted by atomic mass is 9.81. The summed E-state index contributed by atoms with van der Waals surface area (Å²) in [5.41, 5.74) is 2.82. The summed E-state index contributed by atoms with van der Waals surface area (Å²) in [5, 5.41) is 10.6. The van der Waals surface area contributed by atoms with Crippen LogP contribution in [0.15, 0.2) is 65.2 Å². The van der Waals surface area contributed by atoms with Crippen LogP contribution in [-0.2, 0) is 17.8 Å². The molecule has 0 unspecified atom stereocenters. The van der Waals surface area contributed by atoms with Crippen molar-refractivity contribution >= 4 is 5.91 Å². The van der Waals surface area contributed by atoms with Gasteiger partial charge in [-0.2, -0.15) is 0 Å². The van der Waals surface area contributed by atoms with Crippen LogP contribution in [0, 0.1) is 17.7 Å². The molecule has 2 aromatic carbocycles. The first-order valence-electron chi connectivity index (χ1n) is 10.4. The Hall–Kier alpha value is -2.99. The first-order valence-corrected chi connectivity index (χ1v) is 10.4. The Bertz CT molecular complexity index is 956. The van der Waals surface area contributed by atoms with Crippen LogP contribution >= 0.6 is 0 Å². The van der Waals surface area contributed by atoms with Crippen molar-refractivity contribution in [2.75, 3.05) is 13.1 Å². The maximum atomic E-state index is 13.0. The molecule has 3 aromatic rings. The van der Waals surface area contributed by atoms with Gasteiger partial charge in [0.05, 0.1) is 5.69 Å². The highest BCUT2D eigenvalue weighted by atomic mass is 19.1. The summed E-state index contributed by atoms with van der Waals surface area (Å²) in [6.07, 6.45) is 2.22. The van der Waals surface area contributed by atoms with Crippen molar-refractivity contribution in [3.8, 4) is 11.3 Å². The third-order valence-electron chi connectivity index (χ3n) is 5.70. The lowest BCUT2D eigenvalue weighted by molar-refractivity contribution is -0.122. The van der Waals surface area contributed by atoms with Gasteiger partial charge >= 0.3 is 0 Å². The summed E-state index contributed by atoms with van der Waals surface area (Å²) in [4.78, 5) is 12.5. The molecule has 1 fully saturated rings. The number of amides is 1. The van der Waals surface area contributed by atoms with E-state index < -0.39 is 0 Å². The molecule has 1 aliphatic heterocycles. The van der Waals surface area contributed by atoms with Gasteiger partial charge in [-0.1, -0.05) is 47.6 Å². The van der Waals surface area contributed by atoms with Gasteiger partial charge < -0.3 is 15.2 Å². The van der Waals surface area contributed by atoms with Gasteiger partial charge in [-0.25, -0.2) is 4.39 Å². The number of nitrogens with one attached hydrogen (secondary N) is 2. The third kappa shape index (κ3) is 5.33. The molecule has 156 valence electrons. The molecule has 2 heterocycles. The standard InChI is InChI=1S/C24H26FN3O2/c25-21-8-6-17(7-9-21)15-27-24(29)13-19-10-11-26-16-20(19)12-22-14-23(30-28-22)18-4-2-1-3-5-18/h1-9,14,19-20,26H,10-13,15-16H2,(H,27,29)/t19-,20+/m0/s1. The minimum Gasteiger partial charge on any atom is -0.356 e. The smallest absolute Gasteiger partial charge is 0.220 e. The predicted molar refractivity (Wildman–Crippen MR) is 113 cm³/mol. The fourth-order valence-electron chi connectivity index (χ4n) is 4.01. The van der Waals surface area contributed by atoms with E-state index >= 15 is 0 Å². The van der Waals surface area contributed by atoms with Crippen LogP contribution in [0.3, 0.4) is 0 Å². The average Bonchev–Trinajstić information content (AvgIpc) is 3.24. The predicted octanol–water partition coefficient (Wildman–Crippen LogP) is 3.96. The minimum atomic E-state index is -0.272. The maximum Gasteiger partial charge on any atom is 0.220 e. The molecule has 30 heavy (non-hydrogen) atoms. The number of nitrogens with zero attached hydrogens (tertiary/aromatic N) is 1. The van der Waals surface area contributed by atoms with E-state index in [9.17, 15) is 9.18 Å². The quantitative estimate of drug-likeness (QED) is 0.622. The van der Waals surface area contributed by atoms with Gasteiger partial charge in [0.15, 0.2) is 5.76 Å². The van der Waals surface area contributed by atoms with E-state index in [1.807, 2.05) is 36.4 Å². The number of piperidine rings is 1. The van der Waals surface area contributed by atoms with Gasteiger partial charge in [0.25, 0.3) is 0 Å². The normalized spacial score (nSPS) is 18.8. The average molecular weight is 407 g/mol. The van der Waals surface area contributed by atoms with Gasteiger partial charge in [0.2, 0.25) is 5.91 Å². The molecule has 2 N–H and O–H groups in total. The lowest BCUT2D eigenvalue weighted by Gasteiger charge is -2.31. The van der Waals surface area contributed by atoms with Gasteiger partial charge in [0.1, 0.15) is 5.82 Å². The van der Waals surface area contributed by atoms with E-state index in [4.69, 9.17) is 4.52 Å².